The SMILES string of the molecule is Cc1cc(-n2cncn2)ccc1CO. The molecule has 2 aromatic rings. The van der Waals surface area contributed by atoms with Gasteiger partial charge in [0.2, 0.25) is 0 Å². The smallest absolute Gasteiger partial charge is 0.138 e. The van der Waals surface area contributed by atoms with E-state index in [1.165, 1.54) is 6.33 Å². The van der Waals surface area contributed by atoms with Crippen molar-refractivity contribution < 1.29 is 5.11 Å². The molecule has 72 valence electrons. The number of aromatic nitrogens is 3. The number of benzene rings is 1. The second kappa shape index (κ2) is 3.59. The average molecular weight is 189 g/mol. The zero-order valence-corrected chi connectivity index (χ0v) is 7.88. The fraction of sp³-hybridized carbons (Fsp3) is 0.200. The van der Waals surface area contributed by atoms with Gasteiger partial charge in [-0.25, -0.2) is 9.67 Å². The first kappa shape index (κ1) is 8.90. The van der Waals surface area contributed by atoms with Crippen molar-refractivity contribution in [3.63, 3.8) is 0 Å². The molecule has 0 saturated heterocycles. The highest BCUT2D eigenvalue weighted by molar-refractivity contribution is 5.38. The van der Waals surface area contributed by atoms with Crippen LogP contribution >= 0.6 is 0 Å². The quantitative estimate of drug-likeness (QED) is 0.768. The summed E-state index contributed by atoms with van der Waals surface area (Å²) < 4.78 is 1.69. The van der Waals surface area contributed by atoms with Crippen molar-refractivity contribution in [3.05, 3.63) is 42.0 Å². The topological polar surface area (TPSA) is 50.9 Å². The minimum atomic E-state index is 0.0729. The number of rotatable bonds is 2. The van der Waals surface area contributed by atoms with Gasteiger partial charge >= 0.3 is 0 Å². The molecule has 1 aromatic carbocycles. The molecule has 0 unspecified atom stereocenters. The lowest BCUT2D eigenvalue weighted by Gasteiger charge is -2.05. The van der Waals surface area contributed by atoms with Gasteiger partial charge in [0, 0.05) is 0 Å². The van der Waals surface area contributed by atoms with Crippen LogP contribution in [0.15, 0.2) is 30.9 Å². The van der Waals surface area contributed by atoms with E-state index in [4.69, 9.17) is 5.11 Å². The van der Waals surface area contributed by atoms with Gasteiger partial charge in [-0.15, -0.1) is 0 Å². The molecule has 4 nitrogen and oxygen atoms in total. The van der Waals surface area contributed by atoms with E-state index in [0.717, 1.165) is 16.8 Å². The Hall–Kier alpha value is -1.68. The van der Waals surface area contributed by atoms with Crippen LogP contribution in [0.25, 0.3) is 5.69 Å². The fourth-order valence-corrected chi connectivity index (χ4v) is 1.34. The molecule has 0 aliphatic rings. The minimum absolute atomic E-state index is 0.0729. The van der Waals surface area contributed by atoms with Gasteiger partial charge in [-0.05, 0) is 30.2 Å². The van der Waals surface area contributed by atoms with Gasteiger partial charge in [-0.1, -0.05) is 6.07 Å². The van der Waals surface area contributed by atoms with Gasteiger partial charge in [-0.3, -0.25) is 0 Å². The van der Waals surface area contributed by atoms with Gasteiger partial charge in [-0.2, -0.15) is 5.10 Å². The first-order valence-corrected chi connectivity index (χ1v) is 4.36. The fourth-order valence-electron chi connectivity index (χ4n) is 1.34. The van der Waals surface area contributed by atoms with Crippen molar-refractivity contribution in [2.75, 3.05) is 0 Å². The van der Waals surface area contributed by atoms with Gasteiger partial charge in [0.25, 0.3) is 0 Å². The third-order valence-corrected chi connectivity index (χ3v) is 2.18. The van der Waals surface area contributed by atoms with E-state index < -0.39 is 0 Å². The molecule has 0 saturated carbocycles. The predicted molar refractivity (Wildman–Crippen MR) is 52.0 cm³/mol. The van der Waals surface area contributed by atoms with Gasteiger partial charge in [0.05, 0.1) is 12.3 Å². The zero-order chi connectivity index (χ0) is 9.97. The molecule has 2 rings (SSSR count). The van der Waals surface area contributed by atoms with Gasteiger partial charge < -0.3 is 5.11 Å². The Bertz CT molecular complexity index is 423. The molecule has 4 heteroatoms. The van der Waals surface area contributed by atoms with Crippen LogP contribution in [-0.4, -0.2) is 19.9 Å². The third-order valence-electron chi connectivity index (χ3n) is 2.18. The van der Waals surface area contributed by atoms with E-state index in [-0.39, 0.29) is 6.61 Å². The molecule has 0 amide bonds. The third kappa shape index (κ3) is 1.52. The molecule has 0 radical (unpaired) electrons. The van der Waals surface area contributed by atoms with E-state index in [9.17, 15) is 0 Å². The second-order valence-electron chi connectivity index (χ2n) is 3.11. The molecule has 0 atom stereocenters. The van der Waals surface area contributed by atoms with Crippen LogP contribution in [0.1, 0.15) is 11.1 Å². The Morgan fingerprint density at radius 3 is 2.86 bits per heavy atom. The summed E-state index contributed by atoms with van der Waals surface area (Å²) >= 11 is 0. The maximum atomic E-state index is 9.01. The number of aliphatic hydroxyl groups is 1. The maximum absolute atomic E-state index is 9.01. The largest absolute Gasteiger partial charge is 0.392 e. The van der Waals surface area contributed by atoms with Crippen molar-refractivity contribution >= 4 is 0 Å². The number of hydrogen-bond acceptors (Lipinski definition) is 3. The lowest BCUT2D eigenvalue weighted by molar-refractivity contribution is 0.281. The van der Waals surface area contributed by atoms with Crippen LogP contribution in [0.3, 0.4) is 0 Å². The van der Waals surface area contributed by atoms with E-state index in [0.29, 0.717) is 0 Å². The molecule has 1 N–H and O–H groups in total. The monoisotopic (exact) mass is 189 g/mol. The average Bonchev–Trinajstić information content (AvgIpc) is 2.70. The summed E-state index contributed by atoms with van der Waals surface area (Å²) in [5, 5.41) is 13.0. The Balaban J connectivity index is 2.43. The standard InChI is InChI=1S/C10H11N3O/c1-8-4-10(3-2-9(8)5-14)13-7-11-6-12-13/h2-4,6-7,14H,5H2,1H3. The van der Waals surface area contributed by atoms with Crippen LogP contribution in [-0.2, 0) is 6.61 Å². The predicted octanol–water partition coefficient (Wildman–Crippen LogP) is 1.07. The van der Waals surface area contributed by atoms with Crippen LogP contribution in [0.4, 0.5) is 0 Å². The van der Waals surface area contributed by atoms with Crippen molar-refractivity contribution in [2.45, 2.75) is 13.5 Å². The molecule has 0 fully saturated rings. The molecule has 1 aromatic heterocycles. The summed E-state index contributed by atoms with van der Waals surface area (Å²) in [4.78, 5) is 3.87. The van der Waals surface area contributed by atoms with Gasteiger partial charge in [0.1, 0.15) is 12.7 Å². The molecular formula is C10H11N3O. The lowest BCUT2D eigenvalue weighted by atomic mass is 10.1. The van der Waals surface area contributed by atoms with Crippen molar-refractivity contribution in [2.24, 2.45) is 0 Å². The highest BCUT2D eigenvalue weighted by Gasteiger charge is 2.00. The van der Waals surface area contributed by atoms with E-state index in [1.54, 1.807) is 11.0 Å². The Labute approximate surface area is 81.8 Å². The van der Waals surface area contributed by atoms with Gasteiger partial charge in [0.15, 0.2) is 0 Å². The second-order valence-corrected chi connectivity index (χ2v) is 3.11. The van der Waals surface area contributed by atoms with Crippen molar-refractivity contribution in [1.29, 1.82) is 0 Å². The zero-order valence-electron chi connectivity index (χ0n) is 7.88. The van der Waals surface area contributed by atoms with Crippen LogP contribution in [0, 0.1) is 6.92 Å². The van der Waals surface area contributed by atoms with Crippen molar-refractivity contribution in [3.8, 4) is 5.69 Å². The Morgan fingerprint density at radius 2 is 2.29 bits per heavy atom. The summed E-state index contributed by atoms with van der Waals surface area (Å²) in [6.45, 7) is 2.04. The van der Waals surface area contributed by atoms with E-state index in [2.05, 4.69) is 10.1 Å². The number of aryl methyl sites for hydroxylation is 1. The molecule has 0 aliphatic carbocycles. The van der Waals surface area contributed by atoms with Crippen LogP contribution < -0.4 is 0 Å². The van der Waals surface area contributed by atoms with Crippen LogP contribution in [0.2, 0.25) is 0 Å². The minimum Gasteiger partial charge on any atom is -0.392 e. The summed E-state index contributed by atoms with van der Waals surface area (Å²) in [6, 6.07) is 5.78. The molecule has 0 aliphatic heterocycles. The molecule has 1 heterocycles. The number of hydrogen-bond donors (Lipinski definition) is 1. The summed E-state index contributed by atoms with van der Waals surface area (Å²) in [5.41, 5.74) is 2.95. The highest BCUT2D eigenvalue weighted by Crippen LogP contribution is 2.13. The highest BCUT2D eigenvalue weighted by atomic mass is 16.3. The summed E-state index contributed by atoms with van der Waals surface area (Å²) in [6.07, 6.45) is 3.14. The van der Waals surface area contributed by atoms with E-state index >= 15 is 0 Å². The first-order chi connectivity index (χ1) is 6.81. The summed E-state index contributed by atoms with van der Waals surface area (Å²) in [5.74, 6) is 0. The number of aliphatic hydroxyl groups excluding tert-OH is 1. The Kier molecular flexibility index (Phi) is 2.28. The molecule has 0 bridgehead atoms. The maximum Gasteiger partial charge on any atom is 0.138 e. The molecular weight excluding hydrogens is 178 g/mol. The number of nitrogens with zero attached hydrogens (tertiary/aromatic N) is 3. The van der Waals surface area contributed by atoms with Crippen LogP contribution in [0.5, 0.6) is 0 Å². The van der Waals surface area contributed by atoms with E-state index in [1.807, 2.05) is 25.1 Å². The lowest BCUT2D eigenvalue weighted by Crippen LogP contribution is -1.97. The Morgan fingerprint density at radius 1 is 1.43 bits per heavy atom. The normalized spacial score (nSPS) is 10.4. The van der Waals surface area contributed by atoms with Crippen molar-refractivity contribution in [1.82, 2.24) is 14.8 Å². The summed E-state index contributed by atoms with van der Waals surface area (Å²) in [7, 11) is 0. The molecule has 0 spiro atoms. The molecule has 14 heavy (non-hydrogen) atoms. The first-order valence-electron chi connectivity index (χ1n) is 4.36.